The number of nitrogens with one attached hydrogen (secondary N) is 1. The van der Waals surface area contributed by atoms with Crippen LogP contribution in [0.15, 0.2) is 47.4 Å². The number of anilines is 1. The second kappa shape index (κ2) is 6.49. The van der Waals surface area contributed by atoms with E-state index < -0.39 is 44.3 Å². The molecular weight excluding hydrogens is 357 g/mol. The molecule has 1 fully saturated rings. The summed E-state index contributed by atoms with van der Waals surface area (Å²) in [5.74, 6) is -3.14. The summed E-state index contributed by atoms with van der Waals surface area (Å²) in [7, 11) is -4.34. The third kappa shape index (κ3) is 3.52. The summed E-state index contributed by atoms with van der Waals surface area (Å²) in [6.07, 6.45) is 0.165. The molecule has 1 N–H and O–H groups in total. The van der Waals surface area contributed by atoms with E-state index in [0.717, 1.165) is 12.1 Å². The third-order valence-corrected chi connectivity index (χ3v) is 5.33. The zero-order valence-corrected chi connectivity index (χ0v) is 13.6. The second-order valence-corrected chi connectivity index (χ2v) is 7.19. The van der Waals surface area contributed by atoms with Crippen LogP contribution in [0, 0.1) is 17.5 Å². The first kappa shape index (κ1) is 17.4. The Morgan fingerprint density at radius 1 is 1.00 bits per heavy atom. The monoisotopic (exact) mass is 370 g/mol. The predicted molar refractivity (Wildman–Crippen MR) is 83.8 cm³/mol. The van der Waals surface area contributed by atoms with Gasteiger partial charge in [-0.2, -0.15) is 4.72 Å². The molecule has 9 heteroatoms. The molecule has 1 aliphatic rings. The van der Waals surface area contributed by atoms with Crippen molar-refractivity contribution in [1.82, 2.24) is 4.72 Å². The van der Waals surface area contributed by atoms with E-state index in [1.165, 1.54) is 29.2 Å². The lowest BCUT2D eigenvalue weighted by molar-refractivity contribution is -0.118. The van der Waals surface area contributed by atoms with Gasteiger partial charge in [0.25, 0.3) is 0 Å². The minimum absolute atomic E-state index is 0.165. The van der Waals surface area contributed by atoms with Crippen LogP contribution in [0.25, 0.3) is 0 Å². The lowest BCUT2D eigenvalue weighted by Crippen LogP contribution is -2.41. The predicted octanol–water partition coefficient (Wildman–Crippen LogP) is 2.19. The molecule has 1 heterocycles. The number of benzene rings is 2. The number of halogens is 3. The molecule has 1 aliphatic heterocycles. The molecule has 0 aliphatic carbocycles. The van der Waals surface area contributed by atoms with Gasteiger partial charge >= 0.3 is 0 Å². The summed E-state index contributed by atoms with van der Waals surface area (Å²) < 4.78 is 66.3. The summed E-state index contributed by atoms with van der Waals surface area (Å²) in [5.41, 5.74) is 0.432. The average molecular weight is 370 g/mol. The lowest BCUT2D eigenvalue weighted by Gasteiger charge is -2.17. The van der Waals surface area contributed by atoms with Gasteiger partial charge in [0.05, 0.1) is 0 Å². The van der Waals surface area contributed by atoms with E-state index >= 15 is 0 Å². The van der Waals surface area contributed by atoms with Crippen molar-refractivity contribution in [3.63, 3.8) is 0 Å². The van der Waals surface area contributed by atoms with Gasteiger partial charge in [0.2, 0.25) is 15.9 Å². The maximum absolute atomic E-state index is 13.7. The Balaban J connectivity index is 1.79. The normalized spacial score (nSPS) is 18.0. The SMILES string of the molecule is O=C1[C@H](NS(=O)(=O)c2ccc(F)cc2F)CCN1c1ccc(F)cc1. The first-order valence-corrected chi connectivity index (χ1v) is 8.80. The zero-order valence-electron chi connectivity index (χ0n) is 12.7. The molecule has 1 atom stereocenters. The number of hydrogen-bond acceptors (Lipinski definition) is 3. The first-order valence-electron chi connectivity index (χ1n) is 7.32. The molecule has 0 saturated carbocycles. The van der Waals surface area contributed by atoms with Crippen molar-refractivity contribution in [1.29, 1.82) is 0 Å². The quantitative estimate of drug-likeness (QED) is 0.897. The van der Waals surface area contributed by atoms with Crippen LogP contribution in [0.4, 0.5) is 18.9 Å². The minimum Gasteiger partial charge on any atom is -0.311 e. The maximum Gasteiger partial charge on any atom is 0.245 e. The Morgan fingerprint density at radius 2 is 1.64 bits per heavy atom. The molecule has 0 unspecified atom stereocenters. The molecule has 1 saturated heterocycles. The molecular formula is C16H13F3N2O3S. The number of nitrogens with zero attached hydrogens (tertiary/aromatic N) is 1. The highest BCUT2D eigenvalue weighted by atomic mass is 32.2. The number of hydrogen-bond donors (Lipinski definition) is 1. The van der Waals surface area contributed by atoms with Gasteiger partial charge in [-0.1, -0.05) is 0 Å². The van der Waals surface area contributed by atoms with Crippen LogP contribution in [0.2, 0.25) is 0 Å². The number of amides is 1. The van der Waals surface area contributed by atoms with Gasteiger partial charge in [-0.3, -0.25) is 4.79 Å². The Morgan fingerprint density at radius 3 is 2.28 bits per heavy atom. The molecule has 5 nitrogen and oxygen atoms in total. The molecule has 0 radical (unpaired) electrons. The molecule has 0 bridgehead atoms. The first-order chi connectivity index (χ1) is 11.8. The highest BCUT2D eigenvalue weighted by Gasteiger charge is 2.36. The topological polar surface area (TPSA) is 66.5 Å². The van der Waals surface area contributed by atoms with Gasteiger partial charge in [0.15, 0.2) is 0 Å². The molecule has 0 spiro atoms. The molecule has 1 amide bonds. The van der Waals surface area contributed by atoms with Crippen molar-refractivity contribution in [3.8, 4) is 0 Å². The maximum atomic E-state index is 13.7. The highest BCUT2D eigenvalue weighted by molar-refractivity contribution is 7.89. The fourth-order valence-corrected chi connectivity index (χ4v) is 3.89. The Bertz CT molecular complexity index is 917. The van der Waals surface area contributed by atoms with Crippen LogP contribution in [-0.2, 0) is 14.8 Å². The van der Waals surface area contributed by atoms with Crippen molar-refractivity contribution in [3.05, 3.63) is 59.9 Å². The van der Waals surface area contributed by atoms with E-state index in [1.54, 1.807) is 0 Å². The molecule has 3 rings (SSSR count). The van der Waals surface area contributed by atoms with Crippen LogP contribution < -0.4 is 9.62 Å². The second-order valence-electron chi connectivity index (χ2n) is 5.50. The Kier molecular flexibility index (Phi) is 4.53. The minimum atomic E-state index is -4.34. The van der Waals surface area contributed by atoms with Crippen molar-refractivity contribution in [2.75, 3.05) is 11.4 Å². The van der Waals surface area contributed by atoms with Gasteiger partial charge in [0.1, 0.15) is 28.4 Å². The lowest BCUT2D eigenvalue weighted by atomic mass is 10.3. The molecule has 2 aromatic rings. The molecule has 25 heavy (non-hydrogen) atoms. The fourth-order valence-electron chi connectivity index (χ4n) is 2.61. The highest BCUT2D eigenvalue weighted by Crippen LogP contribution is 2.23. The summed E-state index contributed by atoms with van der Waals surface area (Å²) in [4.78, 5) is 13.0. The van der Waals surface area contributed by atoms with Crippen molar-refractivity contribution in [2.45, 2.75) is 17.4 Å². The van der Waals surface area contributed by atoms with Crippen LogP contribution >= 0.6 is 0 Å². The zero-order chi connectivity index (χ0) is 18.2. The van der Waals surface area contributed by atoms with E-state index in [4.69, 9.17) is 0 Å². The number of rotatable bonds is 4. The van der Waals surface area contributed by atoms with Crippen LogP contribution in [0.3, 0.4) is 0 Å². The van der Waals surface area contributed by atoms with Crippen LogP contribution in [0.5, 0.6) is 0 Å². The van der Waals surface area contributed by atoms with E-state index in [-0.39, 0.29) is 13.0 Å². The summed E-state index contributed by atoms with van der Waals surface area (Å²) >= 11 is 0. The van der Waals surface area contributed by atoms with E-state index in [1.807, 2.05) is 0 Å². The van der Waals surface area contributed by atoms with E-state index in [2.05, 4.69) is 4.72 Å². The van der Waals surface area contributed by atoms with Gasteiger partial charge in [-0.25, -0.2) is 21.6 Å². The summed E-state index contributed by atoms with van der Waals surface area (Å²) in [6.45, 7) is 0.226. The number of carbonyl (C=O) groups is 1. The van der Waals surface area contributed by atoms with Crippen molar-refractivity contribution in [2.24, 2.45) is 0 Å². The smallest absolute Gasteiger partial charge is 0.245 e. The third-order valence-electron chi connectivity index (χ3n) is 3.82. The van der Waals surface area contributed by atoms with Gasteiger partial charge in [0, 0.05) is 18.3 Å². The Labute approximate surface area is 142 Å². The van der Waals surface area contributed by atoms with Gasteiger partial charge < -0.3 is 4.90 Å². The molecule has 2 aromatic carbocycles. The number of carbonyl (C=O) groups excluding carboxylic acids is 1. The molecule has 0 aromatic heterocycles. The van der Waals surface area contributed by atoms with Gasteiger partial charge in [-0.15, -0.1) is 0 Å². The van der Waals surface area contributed by atoms with Gasteiger partial charge in [-0.05, 0) is 42.8 Å². The largest absolute Gasteiger partial charge is 0.311 e. The standard InChI is InChI=1S/C16H13F3N2O3S/c17-10-1-4-12(5-2-10)21-8-7-14(16(21)22)20-25(23,24)15-6-3-11(18)9-13(15)19/h1-6,9,14,20H,7-8H2/t14-/m1/s1. The molecule has 132 valence electrons. The fraction of sp³-hybridized carbons (Fsp3) is 0.188. The van der Waals surface area contributed by atoms with Crippen LogP contribution in [0.1, 0.15) is 6.42 Å². The Hall–Kier alpha value is -2.39. The van der Waals surface area contributed by atoms with Crippen molar-refractivity contribution < 1.29 is 26.4 Å². The van der Waals surface area contributed by atoms with E-state index in [0.29, 0.717) is 11.8 Å². The summed E-state index contributed by atoms with van der Waals surface area (Å²) in [5, 5.41) is 0. The number of sulfonamides is 1. The summed E-state index contributed by atoms with van der Waals surface area (Å²) in [6, 6.07) is 6.17. The average Bonchev–Trinajstić information content (AvgIpc) is 2.88. The van der Waals surface area contributed by atoms with Crippen molar-refractivity contribution >= 4 is 21.6 Å². The van der Waals surface area contributed by atoms with Crippen LogP contribution in [-0.4, -0.2) is 26.9 Å². The van der Waals surface area contributed by atoms with E-state index in [9.17, 15) is 26.4 Å².